The second-order valence-corrected chi connectivity index (χ2v) is 11.0. The molecule has 3 saturated heterocycles. The molecule has 3 fully saturated rings. The Kier molecular flexibility index (Phi) is 6.97. The number of nitrogens with zero attached hydrogens (tertiary/aromatic N) is 1. The quantitative estimate of drug-likeness (QED) is 0.431. The largest absolute Gasteiger partial charge is 0.508 e. The number of hydrogen-bond donors (Lipinski definition) is 3. The number of nitrogens with one attached hydrogen (secondary N) is 1. The first-order valence-corrected chi connectivity index (χ1v) is 13.0. The van der Waals surface area contributed by atoms with Crippen molar-refractivity contribution in [2.24, 2.45) is 5.92 Å². The van der Waals surface area contributed by atoms with Gasteiger partial charge in [-0.05, 0) is 54.6 Å². The van der Waals surface area contributed by atoms with Crippen LogP contribution in [0.5, 0.6) is 5.75 Å². The van der Waals surface area contributed by atoms with Crippen LogP contribution in [0, 0.1) is 5.92 Å². The van der Waals surface area contributed by atoms with Gasteiger partial charge in [0.1, 0.15) is 5.75 Å². The molecule has 3 N–H and O–H groups in total. The lowest BCUT2D eigenvalue weighted by Gasteiger charge is -2.54. The number of benzene rings is 3. The summed E-state index contributed by atoms with van der Waals surface area (Å²) in [5.41, 5.74) is 4.32. The standard InChI is InChI=1S/C31H38N2O2/c1-31(2,21-34)26-13-14-27(35)25(19-26)20-32-29-24-15-17-33(18-16-24)30(29)28(22-9-5-3-6-10-22)23-11-7-4-8-12-23/h3-14,19,24,28-30,32,34-35H,15-18,20-21H2,1-2H3/t29-,30-/m0/s1. The first kappa shape index (κ1) is 24.1. The number of phenols is 1. The monoisotopic (exact) mass is 470 g/mol. The highest BCUT2D eigenvalue weighted by Crippen LogP contribution is 2.42. The van der Waals surface area contributed by atoms with E-state index in [4.69, 9.17) is 0 Å². The number of phenolic OH excluding ortho intramolecular Hbond substituents is 1. The zero-order chi connectivity index (χ0) is 24.4. The van der Waals surface area contributed by atoms with Crippen molar-refractivity contribution < 1.29 is 10.2 Å². The van der Waals surface area contributed by atoms with E-state index >= 15 is 0 Å². The van der Waals surface area contributed by atoms with Crippen LogP contribution in [0.3, 0.4) is 0 Å². The van der Waals surface area contributed by atoms with Gasteiger partial charge in [-0.3, -0.25) is 4.90 Å². The van der Waals surface area contributed by atoms with Crippen molar-refractivity contribution >= 4 is 0 Å². The molecule has 6 rings (SSSR count). The molecule has 3 aromatic carbocycles. The lowest BCUT2D eigenvalue weighted by atomic mass is 9.70. The van der Waals surface area contributed by atoms with Crippen LogP contribution in [-0.4, -0.2) is 46.9 Å². The van der Waals surface area contributed by atoms with E-state index in [1.54, 1.807) is 6.07 Å². The predicted octanol–water partition coefficient (Wildman–Crippen LogP) is 5.05. The zero-order valence-corrected chi connectivity index (χ0v) is 20.9. The molecule has 4 nitrogen and oxygen atoms in total. The summed E-state index contributed by atoms with van der Waals surface area (Å²) >= 11 is 0. The number of aliphatic hydroxyl groups excluding tert-OH is 1. The van der Waals surface area contributed by atoms with Gasteiger partial charge in [0.2, 0.25) is 0 Å². The van der Waals surface area contributed by atoms with E-state index in [1.807, 2.05) is 19.9 Å². The van der Waals surface area contributed by atoms with E-state index in [-0.39, 0.29) is 17.9 Å². The molecular weight excluding hydrogens is 432 g/mol. The fourth-order valence-electron chi connectivity index (χ4n) is 6.16. The lowest BCUT2D eigenvalue weighted by molar-refractivity contribution is 0.00462. The number of rotatable bonds is 8. The van der Waals surface area contributed by atoms with Crippen molar-refractivity contribution in [1.29, 1.82) is 0 Å². The minimum Gasteiger partial charge on any atom is -0.508 e. The van der Waals surface area contributed by atoms with Gasteiger partial charge in [-0.25, -0.2) is 0 Å². The number of aliphatic hydroxyl groups is 1. The third-order valence-corrected chi connectivity index (χ3v) is 8.32. The number of aromatic hydroxyl groups is 1. The average molecular weight is 471 g/mol. The molecule has 0 spiro atoms. The summed E-state index contributed by atoms with van der Waals surface area (Å²) in [6.45, 7) is 7.05. The Morgan fingerprint density at radius 1 is 0.914 bits per heavy atom. The maximum atomic E-state index is 10.7. The van der Waals surface area contributed by atoms with Crippen molar-refractivity contribution in [2.75, 3.05) is 19.7 Å². The Morgan fingerprint density at radius 2 is 1.51 bits per heavy atom. The molecule has 184 valence electrons. The van der Waals surface area contributed by atoms with Gasteiger partial charge in [0.05, 0.1) is 6.61 Å². The smallest absolute Gasteiger partial charge is 0.120 e. The average Bonchev–Trinajstić information content (AvgIpc) is 2.90. The van der Waals surface area contributed by atoms with Gasteiger partial charge < -0.3 is 15.5 Å². The number of hydrogen-bond acceptors (Lipinski definition) is 4. The van der Waals surface area contributed by atoms with Gasteiger partial charge >= 0.3 is 0 Å². The topological polar surface area (TPSA) is 55.7 Å². The van der Waals surface area contributed by atoms with Crippen LogP contribution in [0.4, 0.5) is 0 Å². The second-order valence-electron chi connectivity index (χ2n) is 11.0. The summed E-state index contributed by atoms with van der Waals surface area (Å²) in [5, 5.41) is 24.4. The Morgan fingerprint density at radius 3 is 2.09 bits per heavy atom. The van der Waals surface area contributed by atoms with Crippen LogP contribution in [0.15, 0.2) is 78.9 Å². The van der Waals surface area contributed by atoms with E-state index in [1.165, 1.54) is 24.0 Å². The van der Waals surface area contributed by atoms with Crippen LogP contribution in [0.25, 0.3) is 0 Å². The molecule has 3 aromatic rings. The number of fused-ring (bicyclic) bond motifs is 3. The molecule has 0 radical (unpaired) electrons. The maximum Gasteiger partial charge on any atom is 0.120 e. The van der Waals surface area contributed by atoms with Crippen molar-refractivity contribution in [2.45, 2.75) is 56.7 Å². The van der Waals surface area contributed by atoms with Crippen molar-refractivity contribution in [1.82, 2.24) is 10.2 Å². The molecular formula is C31H38N2O2. The molecule has 3 aliphatic heterocycles. The van der Waals surface area contributed by atoms with Gasteiger partial charge in [0.25, 0.3) is 0 Å². The third kappa shape index (κ3) is 4.88. The first-order valence-electron chi connectivity index (χ1n) is 13.0. The highest BCUT2D eigenvalue weighted by atomic mass is 16.3. The fourth-order valence-corrected chi connectivity index (χ4v) is 6.16. The van der Waals surface area contributed by atoms with Gasteiger partial charge in [-0.2, -0.15) is 0 Å². The van der Waals surface area contributed by atoms with Crippen LogP contribution in [0.1, 0.15) is 54.9 Å². The molecule has 4 heteroatoms. The summed E-state index contributed by atoms with van der Waals surface area (Å²) in [4.78, 5) is 2.69. The highest BCUT2D eigenvalue weighted by molar-refractivity contribution is 5.40. The number of piperidine rings is 3. The highest BCUT2D eigenvalue weighted by Gasteiger charge is 2.46. The molecule has 2 bridgehead atoms. The third-order valence-electron chi connectivity index (χ3n) is 8.32. The SMILES string of the molecule is CC(C)(CO)c1ccc(O)c(CN[C@H]2C3CCN(CC3)[C@H]2C(c2ccccc2)c2ccccc2)c1. The van der Waals surface area contributed by atoms with E-state index in [9.17, 15) is 10.2 Å². The van der Waals surface area contributed by atoms with Gasteiger partial charge in [0, 0.05) is 35.5 Å². The van der Waals surface area contributed by atoms with E-state index in [2.05, 4.69) is 76.9 Å². The molecule has 2 atom stereocenters. The minimum atomic E-state index is -0.341. The Balaban J connectivity index is 1.47. The van der Waals surface area contributed by atoms with Crippen LogP contribution in [-0.2, 0) is 12.0 Å². The lowest BCUT2D eigenvalue weighted by Crippen LogP contribution is -2.64. The molecule has 0 aliphatic carbocycles. The molecule has 0 amide bonds. The van der Waals surface area contributed by atoms with E-state index < -0.39 is 0 Å². The van der Waals surface area contributed by atoms with Crippen molar-refractivity contribution in [3.8, 4) is 5.75 Å². The molecule has 3 aliphatic rings. The van der Waals surface area contributed by atoms with Crippen LogP contribution >= 0.6 is 0 Å². The zero-order valence-electron chi connectivity index (χ0n) is 20.9. The molecule has 0 saturated carbocycles. The Hall–Kier alpha value is -2.66. The van der Waals surface area contributed by atoms with Gasteiger partial charge in [-0.1, -0.05) is 86.6 Å². The summed E-state index contributed by atoms with van der Waals surface area (Å²) in [6.07, 6.45) is 2.43. The Labute approximate surface area is 209 Å². The molecule has 35 heavy (non-hydrogen) atoms. The summed E-state index contributed by atoms with van der Waals surface area (Å²) in [6, 6.07) is 28.3. The van der Waals surface area contributed by atoms with Crippen molar-refractivity contribution in [3.05, 3.63) is 101 Å². The van der Waals surface area contributed by atoms with Gasteiger partial charge in [-0.15, -0.1) is 0 Å². The first-order chi connectivity index (χ1) is 17.0. The maximum absolute atomic E-state index is 10.7. The van der Waals surface area contributed by atoms with Crippen LogP contribution < -0.4 is 5.32 Å². The minimum absolute atomic E-state index is 0.0716. The van der Waals surface area contributed by atoms with Gasteiger partial charge in [0.15, 0.2) is 0 Å². The fraction of sp³-hybridized carbons (Fsp3) is 0.419. The second kappa shape index (κ2) is 10.1. The van der Waals surface area contributed by atoms with Crippen LogP contribution in [0.2, 0.25) is 0 Å². The van der Waals surface area contributed by atoms with E-state index in [0.29, 0.717) is 30.3 Å². The van der Waals surface area contributed by atoms with Crippen molar-refractivity contribution in [3.63, 3.8) is 0 Å². The predicted molar refractivity (Wildman–Crippen MR) is 142 cm³/mol. The van der Waals surface area contributed by atoms with E-state index in [0.717, 1.165) is 24.2 Å². The normalized spacial score (nSPS) is 24.1. The molecule has 3 heterocycles. The Bertz CT molecular complexity index is 1070. The summed E-state index contributed by atoms with van der Waals surface area (Å²) in [5.74, 6) is 1.22. The summed E-state index contributed by atoms with van der Waals surface area (Å²) in [7, 11) is 0. The molecule has 0 unspecified atom stereocenters. The molecule has 0 aromatic heterocycles. The summed E-state index contributed by atoms with van der Waals surface area (Å²) < 4.78 is 0.